The lowest BCUT2D eigenvalue weighted by Crippen LogP contribution is -2.45. The van der Waals surface area contributed by atoms with Crippen molar-refractivity contribution in [3.8, 4) is 0 Å². The van der Waals surface area contributed by atoms with Gasteiger partial charge in [0.25, 0.3) is 5.91 Å². The first-order valence-electron chi connectivity index (χ1n) is 7.56. The molecule has 0 aromatic carbocycles. The van der Waals surface area contributed by atoms with Gasteiger partial charge < -0.3 is 15.5 Å². The van der Waals surface area contributed by atoms with Gasteiger partial charge >= 0.3 is 0 Å². The van der Waals surface area contributed by atoms with Crippen LogP contribution in [0.1, 0.15) is 36.0 Å². The van der Waals surface area contributed by atoms with E-state index in [0.29, 0.717) is 5.56 Å². The molecule has 124 valence electrons. The summed E-state index contributed by atoms with van der Waals surface area (Å²) >= 11 is 0. The normalized spacial score (nSPS) is 20.7. The highest BCUT2D eigenvalue weighted by Gasteiger charge is 2.22. The highest BCUT2D eigenvalue weighted by atomic mass is 35.5. The minimum Gasteiger partial charge on any atom is -0.356 e. The third-order valence-corrected chi connectivity index (χ3v) is 4.07. The van der Waals surface area contributed by atoms with Crippen molar-refractivity contribution in [2.24, 2.45) is 0 Å². The SMILES string of the molecule is Cl.Cl.O=C(NC1CCCNC1)c1cccnc1N1CCCC1. The second-order valence-electron chi connectivity index (χ2n) is 5.59. The maximum Gasteiger partial charge on any atom is 0.255 e. The van der Waals surface area contributed by atoms with Crippen LogP contribution in [0.15, 0.2) is 18.3 Å². The van der Waals surface area contributed by atoms with Crippen LogP contribution in [0.2, 0.25) is 0 Å². The summed E-state index contributed by atoms with van der Waals surface area (Å²) in [5.41, 5.74) is 0.708. The maximum absolute atomic E-state index is 12.5. The molecule has 2 saturated heterocycles. The van der Waals surface area contributed by atoms with Gasteiger partial charge in [-0.3, -0.25) is 4.79 Å². The second kappa shape index (κ2) is 9.18. The molecular formula is C15H24Cl2N4O. The summed E-state index contributed by atoms with van der Waals surface area (Å²) in [7, 11) is 0. The third kappa shape index (κ3) is 4.48. The number of rotatable bonds is 3. The van der Waals surface area contributed by atoms with Gasteiger partial charge in [-0.05, 0) is 44.4 Å². The number of halogens is 2. The fourth-order valence-corrected chi connectivity index (χ4v) is 2.99. The van der Waals surface area contributed by atoms with E-state index >= 15 is 0 Å². The Morgan fingerprint density at radius 2 is 2.05 bits per heavy atom. The fourth-order valence-electron chi connectivity index (χ4n) is 2.99. The lowest BCUT2D eigenvalue weighted by molar-refractivity contribution is 0.0931. The molecule has 5 nitrogen and oxygen atoms in total. The minimum atomic E-state index is 0. The number of anilines is 1. The van der Waals surface area contributed by atoms with Gasteiger partial charge in [0.1, 0.15) is 5.82 Å². The van der Waals surface area contributed by atoms with E-state index in [1.807, 2.05) is 12.1 Å². The van der Waals surface area contributed by atoms with Gasteiger partial charge in [-0.15, -0.1) is 24.8 Å². The summed E-state index contributed by atoms with van der Waals surface area (Å²) < 4.78 is 0. The van der Waals surface area contributed by atoms with Crippen LogP contribution in [0.5, 0.6) is 0 Å². The van der Waals surface area contributed by atoms with Gasteiger partial charge in [0.15, 0.2) is 0 Å². The van der Waals surface area contributed by atoms with E-state index in [-0.39, 0.29) is 36.8 Å². The Balaban J connectivity index is 0.00000121. The highest BCUT2D eigenvalue weighted by molar-refractivity contribution is 5.99. The van der Waals surface area contributed by atoms with Crippen LogP contribution in [0.4, 0.5) is 5.82 Å². The molecule has 0 spiro atoms. The predicted molar refractivity (Wildman–Crippen MR) is 93.5 cm³/mol. The summed E-state index contributed by atoms with van der Waals surface area (Å²) in [6.45, 7) is 3.92. The molecule has 1 atom stereocenters. The van der Waals surface area contributed by atoms with Gasteiger partial charge in [0, 0.05) is 31.9 Å². The zero-order chi connectivity index (χ0) is 13.8. The van der Waals surface area contributed by atoms with E-state index < -0.39 is 0 Å². The number of nitrogens with one attached hydrogen (secondary N) is 2. The average molecular weight is 347 g/mol. The number of piperidine rings is 1. The molecule has 2 N–H and O–H groups in total. The van der Waals surface area contributed by atoms with Crippen molar-refractivity contribution in [2.75, 3.05) is 31.1 Å². The number of hydrogen-bond acceptors (Lipinski definition) is 4. The standard InChI is InChI=1S/C15H22N4O.2ClH/c20-15(18-12-5-3-7-16-11-12)13-6-4-8-17-14(13)19-9-1-2-10-19;;/h4,6,8,12,16H,1-3,5,7,9-11H2,(H,18,20);2*1H. The molecular weight excluding hydrogens is 323 g/mol. The van der Waals surface area contributed by atoms with E-state index in [9.17, 15) is 4.79 Å². The van der Waals surface area contributed by atoms with Crippen molar-refractivity contribution < 1.29 is 4.79 Å². The number of hydrogen-bond donors (Lipinski definition) is 2. The van der Waals surface area contributed by atoms with E-state index in [4.69, 9.17) is 0 Å². The molecule has 2 fully saturated rings. The molecule has 1 amide bonds. The largest absolute Gasteiger partial charge is 0.356 e. The molecule has 0 saturated carbocycles. The summed E-state index contributed by atoms with van der Waals surface area (Å²) in [6.07, 6.45) is 6.32. The summed E-state index contributed by atoms with van der Waals surface area (Å²) in [4.78, 5) is 19.1. The maximum atomic E-state index is 12.5. The molecule has 0 bridgehead atoms. The molecule has 22 heavy (non-hydrogen) atoms. The average Bonchev–Trinajstić information content (AvgIpc) is 3.02. The molecule has 3 rings (SSSR count). The van der Waals surface area contributed by atoms with Crippen molar-refractivity contribution in [3.63, 3.8) is 0 Å². The van der Waals surface area contributed by atoms with Crippen molar-refractivity contribution in [1.29, 1.82) is 0 Å². The monoisotopic (exact) mass is 346 g/mol. The Labute approximate surface area is 144 Å². The zero-order valence-electron chi connectivity index (χ0n) is 12.6. The number of carbonyl (C=O) groups excluding carboxylic acids is 1. The molecule has 1 aromatic heterocycles. The van der Waals surface area contributed by atoms with Gasteiger partial charge in [-0.1, -0.05) is 0 Å². The van der Waals surface area contributed by atoms with E-state index in [1.165, 1.54) is 12.8 Å². The molecule has 1 unspecified atom stereocenters. The van der Waals surface area contributed by atoms with E-state index in [0.717, 1.165) is 44.8 Å². The minimum absolute atomic E-state index is 0. The van der Waals surface area contributed by atoms with Crippen molar-refractivity contribution >= 4 is 36.5 Å². The van der Waals surface area contributed by atoms with E-state index in [2.05, 4.69) is 20.5 Å². The molecule has 0 aliphatic carbocycles. The fraction of sp³-hybridized carbons (Fsp3) is 0.600. The van der Waals surface area contributed by atoms with Crippen LogP contribution in [0.3, 0.4) is 0 Å². The zero-order valence-corrected chi connectivity index (χ0v) is 14.2. The van der Waals surface area contributed by atoms with Crippen LogP contribution < -0.4 is 15.5 Å². The van der Waals surface area contributed by atoms with Crippen LogP contribution in [-0.4, -0.2) is 43.1 Å². The Morgan fingerprint density at radius 1 is 1.27 bits per heavy atom. The van der Waals surface area contributed by atoms with Gasteiger partial charge in [-0.25, -0.2) is 4.98 Å². The molecule has 1 aromatic rings. The number of aromatic nitrogens is 1. The molecule has 7 heteroatoms. The molecule has 0 radical (unpaired) electrons. The predicted octanol–water partition coefficient (Wildman–Crippen LogP) is 2.01. The van der Waals surface area contributed by atoms with Crippen molar-refractivity contribution in [3.05, 3.63) is 23.9 Å². The topological polar surface area (TPSA) is 57.3 Å². The summed E-state index contributed by atoms with van der Waals surface area (Å²) in [6, 6.07) is 3.96. The molecule has 2 aliphatic rings. The summed E-state index contributed by atoms with van der Waals surface area (Å²) in [5.74, 6) is 0.847. The third-order valence-electron chi connectivity index (χ3n) is 4.07. The highest BCUT2D eigenvalue weighted by Crippen LogP contribution is 2.22. The number of carbonyl (C=O) groups is 1. The first-order chi connectivity index (χ1) is 9.84. The van der Waals surface area contributed by atoms with Gasteiger partial charge in [-0.2, -0.15) is 0 Å². The molecule has 2 aliphatic heterocycles. The first kappa shape index (κ1) is 19.0. The Kier molecular flexibility index (Phi) is 7.93. The Bertz CT molecular complexity index is 474. The van der Waals surface area contributed by atoms with Crippen molar-refractivity contribution in [2.45, 2.75) is 31.7 Å². The lowest BCUT2D eigenvalue weighted by atomic mass is 10.1. The number of nitrogens with zero attached hydrogens (tertiary/aromatic N) is 2. The quantitative estimate of drug-likeness (QED) is 0.878. The van der Waals surface area contributed by atoms with Crippen LogP contribution in [0.25, 0.3) is 0 Å². The van der Waals surface area contributed by atoms with E-state index in [1.54, 1.807) is 6.20 Å². The number of amides is 1. The summed E-state index contributed by atoms with van der Waals surface area (Å²) in [5, 5.41) is 6.45. The number of pyridine rings is 1. The van der Waals surface area contributed by atoms with Crippen LogP contribution >= 0.6 is 24.8 Å². The Hall–Kier alpha value is -1.04. The molecule has 3 heterocycles. The smallest absolute Gasteiger partial charge is 0.255 e. The lowest BCUT2D eigenvalue weighted by Gasteiger charge is -2.25. The van der Waals surface area contributed by atoms with Gasteiger partial charge in [0.05, 0.1) is 5.56 Å². The van der Waals surface area contributed by atoms with Crippen LogP contribution in [0, 0.1) is 0 Å². The van der Waals surface area contributed by atoms with Crippen LogP contribution in [-0.2, 0) is 0 Å². The second-order valence-corrected chi connectivity index (χ2v) is 5.59. The van der Waals surface area contributed by atoms with Gasteiger partial charge in [0.2, 0.25) is 0 Å². The Morgan fingerprint density at radius 3 is 2.73 bits per heavy atom. The first-order valence-corrected chi connectivity index (χ1v) is 7.56. The van der Waals surface area contributed by atoms with Crippen molar-refractivity contribution in [1.82, 2.24) is 15.6 Å².